The van der Waals surface area contributed by atoms with Gasteiger partial charge in [0.2, 0.25) is 5.91 Å². The van der Waals surface area contributed by atoms with Crippen molar-refractivity contribution in [1.29, 1.82) is 0 Å². The minimum Gasteiger partial charge on any atom is -0.481 e. The summed E-state index contributed by atoms with van der Waals surface area (Å²) in [4.78, 5) is 26.6. The van der Waals surface area contributed by atoms with Gasteiger partial charge in [0.15, 0.2) is 0 Å². The maximum absolute atomic E-state index is 13.0. The number of hydrogen-bond donors (Lipinski definition) is 1. The molecule has 1 aromatic rings. The van der Waals surface area contributed by atoms with Crippen LogP contribution in [-0.2, 0) is 16.0 Å². The van der Waals surface area contributed by atoms with E-state index in [1.165, 1.54) is 5.56 Å². The normalized spacial score (nSPS) is 31.4. The third kappa shape index (κ3) is 3.10. The van der Waals surface area contributed by atoms with E-state index in [0.29, 0.717) is 5.92 Å². The number of piperidine rings is 1. The van der Waals surface area contributed by atoms with Crippen molar-refractivity contribution < 1.29 is 14.7 Å². The van der Waals surface area contributed by atoms with E-state index < -0.39 is 11.9 Å². The minimum absolute atomic E-state index is 0.0482. The molecule has 25 heavy (non-hydrogen) atoms. The van der Waals surface area contributed by atoms with Crippen LogP contribution >= 0.6 is 0 Å². The van der Waals surface area contributed by atoms with Crippen LogP contribution in [0.1, 0.15) is 24.8 Å². The molecule has 1 aromatic carbocycles. The molecular weight excluding hydrogens is 314 g/mol. The molecule has 0 unspecified atom stereocenters. The predicted molar refractivity (Wildman–Crippen MR) is 94.8 cm³/mol. The van der Waals surface area contributed by atoms with Crippen LogP contribution in [0.25, 0.3) is 0 Å². The molecule has 1 saturated carbocycles. The second kappa shape index (κ2) is 6.66. The van der Waals surface area contributed by atoms with E-state index in [1.54, 1.807) is 0 Å². The lowest BCUT2D eigenvalue weighted by molar-refractivity contribution is -0.151. The minimum atomic E-state index is -0.811. The molecule has 2 fully saturated rings. The monoisotopic (exact) mass is 339 g/mol. The van der Waals surface area contributed by atoms with Crippen LogP contribution in [0, 0.1) is 29.6 Å². The standard InChI is InChI=1S/C21H25NO3/c23-20(18-16-6-7-17(13-16)19(18)21(24)25)22-10-8-15(9-11-22)12-14-4-2-1-3-5-14/h1-7,15-19H,8-13H2,(H,24,25)/t16-,17-,18-,19+/m0/s1. The Labute approximate surface area is 148 Å². The van der Waals surface area contributed by atoms with Crippen molar-refractivity contribution in [2.75, 3.05) is 13.1 Å². The average Bonchev–Trinajstić information content (AvgIpc) is 3.24. The zero-order valence-corrected chi connectivity index (χ0v) is 14.4. The number of nitrogens with zero attached hydrogens (tertiary/aromatic N) is 1. The molecule has 4 nitrogen and oxygen atoms in total. The van der Waals surface area contributed by atoms with Gasteiger partial charge in [-0.3, -0.25) is 9.59 Å². The molecule has 2 bridgehead atoms. The molecule has 1 amide bonds. The Kier molecular flexibility index (Phi) is 4.36. The molecular formula is C21H25NO3. The highest BCUT2D eigenvalue weighted by atomic mass is 16.4. The first kappa shape index (κ1) is 16.4. The van der Waals surface area contributed by atoms with Crippen molar-refractivity contribution in [2.24, 2.45) is 29.6 Å². The predicted octanol–water partition coefficient (Wildman–Crippen LogP) is 2.99. The Balaban J connectivity index is 1.37. The van der Waals surface area contributed by atoms with E-state index in [4.69, 9.17) is 0 Å². The zero-order valence-electron chi connectivity index (χ0n) is 14.4. The average molecular weight is 339 g/mol. The summed E-state index contributed by atoms with van der Waals surface area (Å²) in [5, 5.41) is 9.55. The lowest BCUT2D eigenvalue weighted by Crippen LogP contribution is -2.46. The van der Waals surface area contributed by atoms with Gasteiger partial charge in [0.05, 0.1) is 11.8 Å². The SMILES string of the molecule is O=C(O)[C@H]1[C@@H](C(=O)N2CCC(Cc3ccccc3)CC2)[C@H]2C=C[C@H]1C2. The summed E-state index contributed by atoms with van der Waals surface area (Å²) in [6.07, 6.45) is 7.98. The van der Waals surface area contributed by atoms with E-state index in [9.17, 15) is 14.7 Å². The molecule has 0 spiro atoms. The molecule has 0 radical (unpaired) electrons. The molecule has 4 atom stereocenters. The summed E-state index contributed by atoms with van der Waals surface area (Å²) < 4.78 is 0. The largest absolute Gasteiger partial charge is 0.481 e. The van der Waals surface area contributed by atoms with E-state index in [1.807, 2.05) is 17.0 Å². The van der Waals surface area contributed by atoms with Crippen molar-refractivity contribution in [3.63, 3.8) is 0 Å². The Morgan fingerprint density at radius 3 is 2.28 bits per heavy atom. The Morgan fingerprint density at radius 2 is 1.64 bits per heavy atom. The number of likely N-dealkylation sites (tertiary alicyclic amines) is 1. The smallest absolute Gasteiger partial charge is 0.307 e. The van der Waals surface area contributed by atoms with Crippen molar-refractivity contribution in [1.82, 2.24) is 4.90 Å². The molecule has 4 heteroatoms. The number of fused-ring (bicyclic) bond motifs is 2. The fourth-order valence-electron chi connectivity index (χ4n) is 5.01. The maximum atomic E-state index is 13.0. The topological polar surface area (TPSA) is 57.6 Å². The molecule has 1 heterocycles. The van der Waals surface area contributed by atoms with Gasteiger partial charge in [0.1, 0.15) is 0 Å². The van der Waals surface area contributed by atoms with Crippen molar-refractivity contribution in [3.05, 3.63) is 48.0 Å². The van der Waals surface area contributed by atoms with Crippen molar-refractivity contribution >= 4 is 11.9 Å². The van der Waals surface area contributed by atoms with E-state index in [-0.39, 0.29) is 23.7 Å². The van der Waals surface area contributed by atoms with Crippen LogP contribution in [0.4, 0.5) is 0 Å². The molecule has 132 valence electrons. The van der Waals surface area contributed by atoms with Gasteiger partial charge in [0.25, 0.3) is 0 Å². The van der Waals surface area contributed by atoms with E-state index in [0.717, 1.165) is 38.8 Å². The summed E-state index contributed by atoms with van der Waals surface area (Å²) in [6.45, 7) is 1.53. The van der Waals surface area contributed by atoms with E-state index >= 15 is 0 Å². The summed E-state index contributed by atoms with van der Waals surface area (Å²) in [7, 11) is 0. The molecule has 4 rings (SSSR count). The number of allylic oxidation sites excluding steroid dienone is 2. The van der Waals surface area contributed by atoms with Gasteiger partial charge >= 0.3 is 5.97 Å². The van der Waals surface area contributed by atoms with Gasteiger partial charge in [-0.25, -0.2) is 0 Å². The van der Waals surface area contributed by atoms with Crippen LogP contribution in [0.2, 0.25) is 0 Å². The number of aliphatic carboxylic acids is 1. The summed E-state index contributed by atoms with van der Waals surface area (Å²) in [5.74, 6) is -0.825. The highest BCUT2D eigenvalue weighted by molar-refractivity contribution is 5.87. The number of hydrogen-bond acceptors (Lipinski definition) is 2. The lowest BCUT2D eigenvalue weighted by atomic mass is 9.81. The second-order valence-electron chi connectivity index (χ2n) is 7.80. The van der Waals surface area contributed by atoms with Crippen LogP contribution in [0.15, 0.2) is 42.5 Å². The van der Waals surface area contributed by atoms with Crippen LogP contribution in [-0.4, -0.2) is 35.0 Å². The lowest BCUT2D eigenvalue weighted by Gasteiger charge is -2.36. The van der Waals surface area contributed by atoms with Gasteiger partial charge in [-0.1, -0.05) is 42.5 Å². The molecule has 1 aliphatic heterocycles. The van der Waals surface area contributed by atoms with Crippen LogP contribution < -0.4 is 0 Å². The number of carboxylic acids is 1. The van der Waals surface area contributed by atoms with Gasteiger partial charge in [0, 0.05) is 13.1 Å². The number of benzene rings is 1. The third-order valence-electron chi connectivity index (χ3n) is 6.32. The summed E-state index contributed by atoms with van der Waals surface area (Å²) >= 11 is 0. The highest BCUT2D eigenvalue weighted by Gasteiger charge is 2.52. The van der Waals surface area contributed by atoms with Crippen molar-refractivity contribution in [2.45, 2.75) is 25.7 Å². The summed E-state index contributed by atoms with van der Waals surface area (Å²) in [6, 6.07) is 10.5. The molecule has 3 aliphatic rings. The second-order valence-corrected chi connectivity index (χ2v) is 7.80. The number of carbonyl (C=O) groups is 2. The van der Waals surface area contributed by atoms with E-state index in [2.05, 4.69) is 30.3 Å². The molecule has 1 saturated heterocycles. The quantitative estimate of drug-likeness (QED) is 0.858. The first-order chi connectivity index (χ1) is 12.1. The first-order valence-corrected chi connectivity index (χ1v) is 9.37. The van der Waals surface area contributed by atoms with Crippen LogP contribution in [0.3, 0.4) is 0 Å². The Hall–Kier alpha value is -2.10. The Bertz CT molecular complexity index is 676. The third-order valence-corrected chi connectivity index (χ3v) is 6.32. The molecule has 1 N–H and O–H groups in total. The Morgan fingerprint density at radius 1 is 1.00 bits per heavy atom. The van der Waals surface area contributed by atoms with Crippen LogP contribution in [0.5, 0.6) is 0 Å². The number of carbonyl (C=O) groups excluding carboxylic acids is 1. The number of rotatable bonds is 4. The number of amides is 1. The fourth-order valence-corrected chi connectivity index (χ4v) is 5.01. The maximum Gasteiger partial charge on any atom is 0.307 e. The van der Waals surface area contributed by atoms with Gasteiger partial charge in [-0.05, 0) is 49.0 Å². The van der Waals surface area contributed by atoms with Crippen molar-refractivity contribution in [3.8, 4) is 0 Å². The highest BCUT2D eigenvalue weighted by Crippen LogP contribution is 2.49. The molecule has 0 aromatic heterocycles. The fraction of sp³-hybridized carbons (Fsp3) is 0.524. The molecule has 2 aliphatic carbocycles. The van der Waals surface area contributed by atoms with Gasteiger partial charge in [-0.2, -0.15) is 0 Å². The first-order valence-electron chi connectivity index (χ1n) is 9.37. The zero-order chi connectivity index (χ0) is 17.4. The summed E-state index contributed by atoms with van der Waals surface area (Å²) in [5.41, 5.74) is 1.36. The van der Waals surface area contributed by atoms with Gasteiger partial charge < -0.3 is 10.0 Å². The van der Waals surface area contributed by atoms with Gasteiger partial charge in [-0.15, -0.1) is 0 Å². The number of carboxylic acid groups (broad SMARTS) is 1.